The number of carbonyl (C=O) groups is 2. The zero-order valence-electron chi connectivity index (χ0n) is 6.62. The lowest BCUT2D eigenvalue weighted by Gasteiger charge is -2.21. The van der Waals surface area contributed by atoms with Gasteiger partial charge in [0.05, 0.1) is 13.7 Å². The molecule has 1 heterocycles. The van der Waals surface area contributed by atoms with E-state index in [0.717, 1.165) is 0 Å². The number of amides is 1. The summed E-state index contributed by atoms with van der Waals surface area (Å²) < 4.78 is 4.44. The summed E-state index contributed by atoms with van der Waals surface area (Å²) in [5.74, 6) is -0.586. The summed E-state index contributed by atoms with van der Waals surface area (Å²) in [7, 11) is 1.29. The number of hydrogen-bond acceptors (Lipinski definition) is 4. The Labute approximate surface area is 76.2 Å². The van der Waals surface area contributed by atoms with E-state index in [4.69, 9.17) is 0 Å². The molecule has 1 aliphatic rings. The Morgan fingerprint density at radius 1 is 1.67 bits per heavy atom. The Morgan fingerprint density at radius 3 is 2.83 bits per heavy atom. The zero-order chi connectivity index (χ0) is 8.27. The highest BCUT2D eigenvalue weighted by molar-refractivity contribution is 5.86. The van der Waals surface area contributed by atoms with Crippen molar-refractivity contribution in [3.05, 3.63) is 0 Å². The number of halogens is 1. The molecule has 1 amide bonds. The van der Waals surface area contributed by atoms with Gasteiger partial charge in [-0.1, -0.05) is 0 Å². The lowest BCUT2D eigenvalue weighted by molar-refractivity contribution is -0.145. The molecule has 12 heavy (non-hydrogen) atoms. The standard InChI is InChI=1S/C6H10N2O3.ClH/c1-11-6(10)4-2-7-3-5(9)8-4;/h4,7H,2-3H2,1H3,(H,8,9);1H/t4-;/m1./s1. The largest absolute Gasteiger partial charge is 0.467 e. The molecule has 1 rings (SSSR count). The highest BCUT2D eigenvalue weighted by Gasteiger charge is 2.24. The van der Waals surface area contributed by atoms with Crippen molar-refractivity contribution in [1.29, 1.82) is 0 Å². The van der Waals surface area contributed by atoms with Crippen molar-refractivity contribution in [1.82, 2.24) is 10.6 Å². The summed E-state index contributed by atoms with van der Waals surface area (Å²) in [5, 5.41) is 5.28. The van der Waals surface area contributed by atoms with Crippen LogP contribution in [0.3, 0.4) is 0 Å². The van der Waals surface area contributed by atoms with E-state index in [-0.39, 0.29) is 24.9 Å². The molecule has 0 radical (unpaired) electrons. The fourth-order valence-electron chi connectivity index (χ4n) is 0.911. The fraction of sp³-hybridized carbons (Fsp3) is 0.667. The second kappa shape index (κ2) is 4.95. The molecule has 0 aromatic rings. The number of ether oxygens (including phenoxy) is 1. The van der Waals surface area contributed by atoms with E-state index in [2.05, 4.69) is 15.4 Å². The van der Waals surface area contributed by atoms with E-state index >= 15 is 0 Å². The van der Waals surface area contributed by atoms with Crippen molar-refractivity contribution < 1.29 is 14.3 Å². The molecule has 0 bridgehead atoms. The molecule has 0 aromatic heterocycles. The minimum atomic E-state index is -0.527. The molecule has 5 nitrogen and oxygen atoms in total. The van der Waals surface area contributed by atoms with Crippen molar-refractivity contribution in [3.8, 4) is 0 Å². The number of carbonyl (C=O) groups excluding carboxylic acids is 2. The number of nitrogens with one attached hydrogen (secondary N) is 2. The minimum Gasteiger partial charge on any atom is -0.467 e. The van der Waals surface area contributed by atoms with Crippen LogP contribution in [-0.2, 0) is 14.3 Å². The molecule has 70 valence electrons. The third kappa shape index (κ3) is 2.67. The quantitative estimate of drug-likeness (QED) is 0.508. The van der Waals surface area contributed by atoms with E-state index in [9.17, 15) is 9.59 Å². The third-order valence-electron chi connectivity index (χ3n) is 1.45. The summed E-state index contributed by atoms with van der Waals surface area (Å²) in [6.45, 7) is 0.714. The summed E-state index contributed by atoms with van der Waals surface area (Å²) in [6.07, 6.45) is 0. The van der Waals surface area contributed by atoms with Crippen LogP contribution in [0.5, 0.6) is 0 Å². The number of methoxy groups -OCH3 is 1. The van der Waals surface area contributed by atoms with Crippen molar-refractivity contribution in [2.24, 2.45) is 0 Å². The minimum absolute atomic E-state index is 0. The fourth-order valence-corrected chi connectivity index (χ4v) is 0.911. The van der Waals surface area contributed by atoms with Crippen LogP contribution in [0.4, 0.5) is 0 Å². The highest BCUT2D eigenvalue weighted by atomic mass is 35.5. The molecular formula is C6H11ClN2O3. The monoisotopic (exact) mass is 194 g/mol. The van der Waals surface area contributed by atoms with E-state index in [0.29, 0.717) is 6.54 Å². The summed E-state index contributed by atoms with van der Waals surface area (Å²) >= 11 is 0. The van der Waals surface area contributed by atoms with Crippen LogP contribution >= 0.6 is 12.4 Å². The van der Waals surface area contributed by atoms with Crippen LogP contribution in [0.25, 0.3) is 0 Å². The Kier molecular flexibility index (Phi) is 4.61. The maximum atomic E-state index is 10.8. The third-order valence-corrected chi connectivity index (χ3v) is 1.45. The SMILES string of the molecule is COC(=O)[C@H]1CNCC(=O)N1.Cl. The molecule has 1 aliphatic heterocycles. The van der Waals surface area contributed by atoms with Crippen LogP contribution in [0.15, 0.2) is 0 Å². The van der Waals surface area contributed by atoms with Gasteiger partial charge in [-0.05, 0) is 0 Å². The van der Waals surface area contributed by atoms with Crippen LogP contribution < -0.4 is 10.6 Å². The number of esters is 1. The number of rotatable bonds is 1. The lowest BCUT2D eigenvalue weighted by Crippen LogP contribution is -2.55. The van der Waals surface area contributed by atoms with Gasteiger partial charge in [-0.3, -0.25) is 4.79 Å². The predicted octanol–water partition coefficient (Wildman–Crippen LogP) is -1.33. The van der Waals surface area contributed by atoms with Crippen molar-refractivity contribution in [3.63, 3.8) is 0 Å². The molecule has 0 spiro atoms. The van der Waals surface area contributed by atoms with E-state index in [1.54, 1.807) is 0 Å². The van der Waals surface area contributed by atoms with Gasteiger partial charge in [0.25, 0.3) is 0 Å². The van der Waals surface area contributed by atoms with E-state index < -0.39 is 12.0 Å². The van der Waals surface area contributed by atoms with Crippen molar-refractivity contribution in [2.45, 2.75) is 6.04 Å². The molecule has 0 unspecified atom stereocenters. The first kappa shape index (κ1) is 11.2. The summed E-state index contributed by atoms with van der Waals surface area (Å²) in [5.41, 5.74) is 0. The second-order valence-electron chi connectivity index (χ2n) is 2.27. The molecule has 1 saturated heterocycles. The molecule has 0 aliphatic carbocycles. The first-order valence-electron chi connectivity index (χ1n) is 3.32. The Hall–Kier alpha value is -0.810. The maximum absolute atomic E-state index is 10.8. The first-order chi connectivity index (χ1) is 5.24. The topological polar surface area (TPSA) is 67.4 Å². The lowest BCUT2D eigenvalue weighted by atomic mass is 10.2. The second-order valence-corrected chi connectivity index (χ2v) is 2.27. The molecule has 1 fully saturated rings. The Balaban J connectivity index is 0.00000121. The number of piperazine rings is 1. The average Bonchev–Trinajstić information content (AvgIpc) is 2.03. The maximum Gasteiger partial charge on any atom is 0.329 e. The normalized spacial score (nSPS) is 22.1. The van der Waals surface area contributed by atoms with Gasteiger partial charge in [-0.15, -0.1) is 12.4 Å². The molecule has 0 aromatic carbocycles. The van der Waals surface area contributed by atoms with Crippen molar-refractivity contribution >= 4 is 24.3 Å². The average molecular weight is 195 g/mol. The highest BCUT2D eigenvalue weighted by Crippen LogP contribution is 1.90. The van der Waals surface area contributed by atoms with Gasteiger partial charge in [0, 0.05) is 6.54 Å². The molecular weight excluding hydrogens is 184 g/mol. The van der Waals surface area contributed by atoms with Gasteiger partial charge in [0.1, 0.15) is 6.04 Å². The van der Waals surface area contributed by atoms with Gasteiger partial charge in [-0.2, -0.15) is 0 Å². The van der Waals surface area contributed by atoms with E-state index in [1.165, 1.54) is 7.11 Å². The smallest absolute Gasteiger partial charge is 0.329 e. The molecule has 1 atom stereocenters. The van der Waals surface area contributed by atoms with Gasteiger partial charge < -0.3 is 15.4 Å². The van der Waals surface area contributed by atoms with E-state index in [1.807, 2.05) is 0 Å². The number of hydrogen-bond donors (Lipinski definition) is 2. The zero-order valence-corrected chi connectivity index (χ0v) is 7.44. The van der Waals surface area contributed by atoms with Crippen LogP contribution in [0.1, 0.15) is 0 Å². The summed E-state index contributed by atoms with van der Waals surface area (Å²) in [4.78, 5) is 21.5. The van der Waals surface area contributed by atoms with Crippen molar-refractivity contribution in [2.75, 3.05) is 20.2 Å². The molecule has 2 N–H and O–H groups in total. The molecule has 6 heteroatoms. The van der Waals surface area contributed by atoms with Gasteiger partial charge >= 0.3 is 5.97 Å². The summed E-state index contributed by atoms with van der Waals surface area (Å²) in [6, 6.07) is -0.527. The predicted molar refractivity (Wildman–Crippen MR) is 44.1 cm³/mol. The van der Waals surface area contributed by atoms with Crippen LogP contribution in [0, 0.1) is 0 Å². The first-order valence-corrected chi connectivity index (χ1v) is 3.32. The van der Waals surface area contributed by atoms with Gasteiger partial charge in [0.15, 0.2) is 0 Å². The van der Waals surface area contributed by atoms with Crippen LogP contribution in [0.2, 0.25) is 0 Å². The van der Waals surface area contributed by atoms with Gasteiger partial charge in [0.2, 0.25) is 5.91 Å². The molecule has 0 saturated carbocycles. The van der Waals surface area contributed by atoms with Crippen LogP contribution in [-0.4, -0.2) is 38.1 Å². The van der Waals surface area contributed by atoms with Gasteiger partial charge in [-0.25, -0.2) is 4.79 Å². The Morgan fingerprint density at radius 2 is 2.33 bits per heavy atom. The Bertz CT molecular complexity index is 186.